The van der Waals surface area contributed by atoms with Crippen LogP contribution in [0, 0.1) is 0 Å². The van der Waals surface area contributed by atoms with Crippen molar-refractivity contribution < 1.29 is 4.79 Å². The van der Waals surface area contributed by atoms with E-state index in [1.165, 1.54) is 0 Å². The Balaban J connectivity index is 1.65. The van der Waals surface area contributed by atoms with Gasteiger partial charge in [-0.25, -0.2) is 0 Å². The maximum Gasteiger partial charge on any atom is 0.272 e. The molecule has 0 aliphatic heterocycles. The molecule has 0 atom stereocenters. The van der Waals surface area contributed by atoms with E-state index in [1.807, 2.05) is 29.0 Å². The van der Waals surface area contributed by atoms with Gasteiger partial charge in [-0.2, -0.15) is 5.10 Å². The third-order valence-electron chi connectivity index (χ3n) is 2.64. The summed E-state index contributed by atoms with van der Waals surface area (Å²) in [4.78, 5) is 14.2. The molecule has 1 amide bonds. The first kappa shape index (κ1) is 13.5. The van der Waals surface area contributed by atoms with E-state index in [2.05, 4.69) is 31.4 Å². The van der Waals surface area contributed by atoms with Gasteiger partial charge in [0.1, 0.15) is 0 Å². The minimum atomic E-state index is -0.173. The largest absolute Gasteiger partial charge is 0.346 e. The number of H-pyrrole nitrogens is 1. The molecule has 0 spiro atoms. The van der Waals surface area contributed by atoms with Crippen molar-refractivity contribution in [2.75, 3.05) is 0 Å². The van der Waals surface area contributed by atoms with E-state index in [4.69, 9.17) is 0 Å². The summed E-state index contributed by atoms with van der Waals surface area (Å²) in [5.41, 5.74) is 1.27. The number of aromatic amines is 1. The average molecular weight is 368 g/mol. The van der Waals surface area contributed by atoms with Crippen LogP contribution in [0.2, 0.25) is 0 Å². The van der Waals surface area contributed by atoms with Gasteiger partial charge in [-0.1, -0.05) is 6.07 Å². The molecule has 0 aromatic carbocycles. The Kier molecular flexibility index (Phi) is 4.00. The summed E-state index contributed by atoms with van der Waals surface area (Å²) in [5, 5.41) is 13.8. The summed E-state index contributed by atoms with van der Waals surface area (Å²) in [6, 6.07) is 7.72. The Morgan fingerprint density at radius 1 is 1.40 bits per heavy atom. The summed E-state index contributed by atoms with van der Waals surface area (Å²) in [6.45, 7) is 0.510. The van der Waals surface area contributed by atoms with E-state index in [1.54, 1.807) is 28.7 Å². The molecule has 0 aliphatic carbocycles. The molecule has 0 aliphatic rings. The maximum atomic E-state index is 12.0. The quantitative estimate of drug-likeness (QED) is 0.734. The Morgan fingerprint density at radius 3 is 3.00 bits per heavy atom. The lowest BCUT2D eigenvalue weighted by Gasteiger charge is -1.99. The van der Waals surface area contributed by atoms with Gasteiger partial charge in [-0.15, -0.1) is 22.7 Å². The van der Waals surface area contributed by atoms with Gasteiger partial charge >= 0.3 is 0 Å². The topological polar surface area (TPSA) is 57.8 Å². The maximum absolute atomic E-state index is 12.0. The zero-order chi connectivity index (χ0) is 13.9. The standard InChI is InChI=1S/C13H10BrN3OS2/c14-8-4-9(20-7-8)6-15-13(18)11-5-10(16-17-11)12-2-1-3-19-12/h1-5,7H,6H2,(H,15,18)(H,16,17). The number of aromatic nitrogens is 2. The lowest BCUT2D eigenvalue weighted by atomic mass is 10.3. The number of carbonyl (C=O) groups excluding carboxylic acids is 1. The van der Waals surface area contributed by atoms with Gasteiger partial charge in [-0.3, -0.25) is 9.89 Å². The number of hydrogen-bond donors (Lipinski definition) is 2. The van der Waals surface area contributed by atoms with Gasteiger partial charge in [0.05, 0.1) is 17.1 Å². The van der Waals surface area contributed by atoms with Crippen molar-refractivity contribution in [3.63, 3.8) is 0 Å². The molecule has 0 saturated carbocycles. The minimum absolute atomic E-state index is 0.173. The van der Waals surface area contributed by atoms with E-state index in [0.717, 1.165) is 19.9 Å². The molecule has 0 saturated heterocycles. The highest BCUT2D eigenvalue weighted by Crippen LogP contribution is 2.23. The van der Waals surface area contributed by atoms with Crippen LogP contribution in [0.3, 0.4) is 0 Å². The SMILES string of the molecule is O=C(NCc1cc(Br)cs1)c1cc(-c2cccs2)[nH]n1. The second kappa shape index (κ2) is 5.90. The molecular weight excluding hydrogens is 358 g/mol. The highest BCUT2D eigenvalue weighted by molar-refractivity contribution is 9.10. The first-order valence-corrected chi connectivity index (χ1v) is 8.38. The van der Waals surface area contributed by atoms with E-state index in [9.17, 15) is 4.79 Å². The van der Waals surface area contributed by atoms with Gasteiger partial charge in [-0.05, 0) is 39.5 Å². The van der Waals surface area contributed by atoms with Gasteiger partial charge < -0.3 is 5.32 Å². The summed E-state index contributed by atoms with van der Waals surface area (Å²) in [5.74, 6) is -0.173. The second-order valence-corrected chi connectivity index (χ2v) is 6.92. The van der Waals surface area contributed by atoms with Crippen LogP contribution in [0.5, 0.6) is 0 Å². The van der Waals surface area contributed by atoms with E-state index >= 15 is 0 Å². The van der Waals surface area contributed by atoms with Crippen molar-refractivity contribution in [1.82, 2.24) is 15.5 Å². The monoisotopic (exact) mass is 367 g/mol. The zero-order valence-electron chi connectivity index (χ0n) is 10.2. The highest BCUT2D eigenvalue weighted by Gasteiger charge is 2.11. The van der Waals surface area contributed by atoms with E-state index < -0.39 is 0 Å². The minimum Gasteiger partial charge on any atom is -0.346 e. The Bertz CT molecular complexity index is 718. The molecule has 4 nitrogen and oxygen atoms in total. The lowest BCUT2D eigenvalue weighted by Crippen LogP contribution is -2.22. The van der Waals surface area contributed by atoms with Crippen molar-refractivity contribution in [2.45, 2.75) is 6.54 Å². The number of rotatable bonds is 4. The molecule has 3 heterocycles. The fraction of sp³-hybridized carbons (Fsp3) is 0.0769. The number of nitrogens with zero attached hydrogens (tertiary/aromatic N) is 1. The number of nitrogens with one attached hydrogen (secondary N) is 2. The van der Waals surface area contributed by atoms with Gasteiger partial charge in [0.2, 0.25) is 0 Å². The van der Waals surface area contributed by atoms with Crippen LogP contribution < -0.4 is 5.32 Å². The molecule has 0 radical (unpaired) electrons. The highest BCUT2D eigenvalue weighted by atomic mass is 79.9. The van der Waals surface area contributed by atoms with E-state index in [0.29, 0.717) is 12.2 Å². The van der Waals surface area contributed by atoms with Gasteiger partial charge in [0, 0.05) is 14.7 Å². The molecular formula is C13H10BrN3OS2. The van der Waals surface area contributed by atoms with Gasteiger partial charge in [0.25, 0.3) is 5.91 Å². The lowest BCUT2D eigenvalue weighted by molar-refractivity contribution is 0.0946. The molecule has 3 aromatic heterocycles. The normalized spacial score (nSPS) is 10.7. The summed E-state index contributed by atoms with van der Waals surface area (Å²) in [6.07, 6.45) is 0. The second-order valence-electron chi connectivity index (χ2n) is 4.06. The molecule has 3 aromatic rings. The predicted octanol–water partition coefficient (Wildman–Crippen LogP) is 3.89. The molecule has 0 unspecified atom stereocenters. The first-order chi connectivity index (χ1) is 9.72. The predicted molar refractivity (Wildman–Crippen MR) is 85.1 cm³/mol. The van der Waals surface area contributed by atoms with Crippen molar-refractivity contribution in [1.29, 1.82) is 0 Å². The third-order valence-corrected chi connectivity index (χ3v) is 5.24. The molecule has 20 heavy (non-hydrogen) atoms. The number of amides is 1. The third kappa shape index (κ3) is 3.00. The number of halogens is 1. The summed E-state index contributed by atoms with van der Waals surface area (Å²) >= 11 is 6.60. The first-order valence-electron chi connectivity index (χ1n) is 5.83. The zero-order valence-corrected chi connectivity index (χ0v) is 13.4. The van der Waals surface area contributed by atoms with Crippen molar-refractivity contribution >= 4 is 44.5 Å². The smallest absolute Gasteiger partial charge is 0.272 e. The van der Waals surface area contributed by atoms with Crippen LogP contribution in [-0.2, 0) is 6.54 Å². The summed E-state index contributed by atoms with van der Waals surface area (Å²) < 4.78 is 1.03. The number of carbonyl (C=O) groups is 1. The molecule has 2 N–H and O–H groups in total. The fourth-order valence-electron chi connectivity index (χ4n) is 1.70. The fourth-order valence-corrected chi connectivity index (χ4v) is 3.78. The van der Waals surface area contributed by atoms with Crippen molar-refractivity contribution in [2.24, 2.45) is 0 Å². The molecule has 3 rings (SSSR count). The Labute approximate surface area is 132 Å². The van der Waals surface area contributed by atoms with Crippen LogP contribution in [-0.4, -0.2) is 16.1 Å². The molecule has 0 fully saturated rings. The Hall–Kier alpha value is -1.44. The average Bonchev–Trinajstić information content (AvgIpc) is 3.16. The summed E-state index contributed by atoms with van der Waals surface area (Å²) in [7, 11) is 0. The van der Waals surface area contributed by atoms with Crippen LogP contribution in [0.1, 0.15) is 15.4 Å². The van der Waals surface area contributed by atoms with Crippen molar-refractivity contribution in [3.05, 3.63) is 50.1 Å². The van der Waals surface area contributed by atoms with Crippen LogP contribution >= 0.6 is 38.6 Å². The molecule has 7 heteroatoms. The molecule has 102 valence electrons. The van der Waals surface area contributed by atoms with Crippen LogP contribution in [0.25, 0.3) is 10.6 Å². The van der Waals surface area contributed by atoms with E-state index in [-0.39, 0.29) is 5.91 Å². The van der Waals surface area contributed by atoms with Crippen LogP contribution in [0.15, 0.2) is 39.5 Å². The van der Waals surface area contributed by atoms with Gasteiger partial charge in [0.15, 0.2) is 5.69 Å². The van der Waals surface area contributed by atoms with Crippen molar-refractivity contribution in [3.8, 4) is 10.6 Å². The molecule has 0 bridgehead atoms. The Morgan fingerprint density at radius 2 is 2.30 bits per heavy atom. The number of hydrogen-bond acceptors (Lipinski definition) is 4. The van der Waals surface area contributed by atoms with Crippen LogP contribution in [0.4, 0.5) is 0 Å². The number of thiophene rings is 2.